The Morgan fingerprint density at radius 2 is 1.76 bits per heavy atom. The van der Waals surface area contributed by atoms with E-state index in [9.17, 15) is 4.79 Å². The summed E-state index contributed by atoms with van der Waals surface area (Å²) < 4.78 is 0.897. The number of likely N-dealkylation sites (tertiary alicyclic amines) is 2. The standard InChI is InChI=1S/C17H23BrN2O/c18-16-6-2-1-5-15(16)17(21)20-11-7-14(8-12-20)13-19-9-3-4-10-19/h1-2,5-6,14H,3-4,7-13H2. The van der Waals surface area contributed by atoms with Gasteiger partial charge in [0, 0.05) is 24.1 Å². The van der Waals surface area contributed by atoms with Gasteiger partial charge in [-0.15, -0.1) is 0 Å². The third kappa shape index (κ3) is 3.67. The lowest BCUT2D eigenvalue weighted by molar-refractivity contribution is 0.0672. The number of hydrogen-bond acceptors (Lipinski definition) is 2. The molecule has 1 aromatic carbocycles. The van der Waals surface area contributed by atoms with Crippen LogP contribution < -0.4 is 0 Å². The van der Waals surface area contributed by atoms with E-state index in [1.807, 2.05) is 29.2 Å². The van der Waals surface area contributed by atoms with Gasteiger partial charge >= 0.3 is 0 Å². The molecular weight excluding hydrogens is 328 g/mol. The van der Waals surface area contributed by atoms with Crippen LogP contribution in [0.1, 0.15) is 36.0 Å². The minimum Gasteiger partial charge on any atom is -0.339 e. The van der Waals surface area contributed by atoms with Crippen LogP contribution in [0, 0.1) is 5.92 Å². The highest BCUT2D eigenvalue weighted by atomic mass is 79.9. The highest BCUT2D eigenvalue weighted by molar-refractivity contribution is 9.10. The molecule has 0 spiro atoms. The van der Waals surface area contributed by atoms with Crippen LogP contribution in [0.2, 0.25) is 0 Å². The molecule has 3 nitrogen and oxygen atoms in total. The fourth-order valence-corrected chi connectivity index (χ4v) is 3.91. The van der Waals surface area contributed by atoms with Crippen molar-refractivity contribution in [2.75, 3.05) is 32.7 Å². The van der Waals surface area contributed by atoms with E-state index in [1.165, 1.54) is 32.5 Å². The Labute approximate surface area is 135 Å². The van der Waals surface area contributed by atoms with Crippen molar-refractivity contribution in [1.29, 1.82) is 0 Å². The number of piperidine rings is 1. The first-order valence-corrected chi connectivity index (χ1v) is 8.79. The molecule has 2 aliphatic rings. The van der Waals surface area contributed by atoms with E-state index in [0.717, 1.165) is 41.9 Å². The van der Waals surface area contributed by atoms with Gasteiger partial charge in [0.1, 0.15) is 0 Å². The van der Waals surface area contributed by atoms with Crippen molar-refractivity contribution < 1.29 is 4.79 Å². The normalized spacial score (nSPS) is 20.9. The Morgan fingerprint density at radius 3 is 2.43 bits per heavy atom. The van der Waals surface area contributed by atoms with Crippen LogP contribution in [0.4, 0.5) is 0 Å². The van der Waals surface area contributed by atoms with Crippen molar-refractivity contribution in [3.63, 3.8) is 0 Å². The first kappa shape index (κ1) is 15.0. The van der Waals surface area contributed by atoms with E-state index in [2.05, 4.69) is 20.8 Å². The Kier molecular flexibility index (Phi) is 4.96. The second-order valence-electron chi connectivity index (χ2n) is 6.22. The van der Waals surface area contributed by atoms with Crippen LogP contribution in [0.3, 0.4) is 0 Å². The van der Waals surface area contributed by atoms with Crippen molar-refractivity contribution in [2.45, 2.75) is 25.7 Å². The molecule has 0 unspecified atom stereocenters. The number of carbonyl (C=O) groups is 1. The van der Waals surface area contributed by atoms with Crippen molar-refractivity contribution in [2.24, 2.45) is 5.92 Å². The molecule has 0 radical (unpaired) electrons. The maximum atomic E-state index is 12.6. The Balaban J connectivity index is 1.53. The van der Waals surface area contributed by atoms with Crippen LogP contribution >= 0.6 is 15.9 Å². The number of carbonyl (C=O) groups excluding carboxylic acids is 1. The van der Waals surface area contributed by atoms with E-state index >= 15 is 0 Å². The van der Waals surface area contributed by atoms with Crippen molar-refractivity contribution in [3.8, 4) is 0 Å². The second-order valence-corrected chi connectivity index (χ2v) is 7.08. The van der Waals surface area contributed by atoms with Gasteiger partial charge in [-0.25, -0.2) is 0 Å². The molecule has 0 aliphatic carbocycles. The van der Waals surface area contributed by atoms with Gasteiger partial charge in [-0.2, -0.15) is 0 Å². The fourth-order valence-electron chi connectivity index (χ4n) is 3.45. The number of rotatable bonds is 3. The summed E-state index contributed by atoms with van der Waals surface area (Å²) in [6.45, 7) is 5.58. The molecule has 1 amide bonds. The smallest absolute Gasteiger partial charge is 0.254 e. The summed E-state index contributed by atoms with van der Waals surface area (Å²) in [7, 11) is 0. The lowest BCUT2D eigenvalue weighted by atomic mass is 9.95. The summed E-state index contributed by atoms with van der Waals surface area (Å²) in [5, 5.41) is 0. The van der Waals surface area contributed by atoms with E-state index < -0.39 is 0 Å². The highest BCUT2D eigenvalue weighted by Crippen LogP contribution is 2.24. The van der Waals surface area contributed by atoms with Crippen LogP contribution in [0.25, 0.3) is 0 Å². The molecule has 2 heterocycles. The minimum absolute atomic E-state index is 0.169. The quantitative estimate of drug-likeness (QED) is 0.833. The third-order valence-electron chi connectivity index (χ3n) is 4.72. The Bertz CT molecular complexity index is 491. The monoisotopic (exact) mass is 350 g/mol. The maximum absolute atomic E-state index is 12.6. The number of benzene rings is 1. The Morgan fingerprint density at radius 1 is 1.10 bits per heavy atom. The molecule has 2 saturated heterocycles. The molecule has 3 rings (SSSR count). The van der Waals surface area contributed by atoms with Gasteiger partial charge in [0.2, 0.25) is 0 Å². The molecule has 0 aromatic heterocycles. The molecule has 0 atom stereocenters. The second kappa shape index (κ2) is 6.93. The number of hydrogen-bond donors (Lipinski definition) is 0. The fraction of sp³-hybridized carbons (Fsp3) is 0.588. The lowest BCUT2D eigenvalue weighted by Gasteiger charge is -2.34. The molecule has 114 valence electrons. The molecule has 21 heavy (non-hydrogen) atoms. The van der Waals surface area contributed by atoms with E-state index in [1.54, 1.807) is 0 Å². The molecule has 0 N–H and O–H groups in total. The summed E-state index contributed by atoms with van der Waals surface area (Å²) in [5.41, 5.74) is 0.787. The number of nitrogens with zero attached hydrogens (tertiary/aromatic N) is 2. The molecule has 0 saturated carbocycles. The van der Waals surface area contributed by atoms with Gasteiger partial charge in [-0.3, -0.25) is 4.79 Å². The van der Waals surface area contributed by atoms with Crippen LogP contribution in [0.5, 0.6) is 0 Å². The topological polar surface area (TPSA) is 23.6 Å². The van der Waals surface area contributed by atoms with E-state index in [0.29, 0.717) is 0 Å². The molecule has 2 aliphatic heterocycles. The lowest BCUT2D eigenvalue weighted by Crippen LogP contribution is -2.41. The van der Waals surface area contributed by atoms with Crippen molar-refractivity contribution in [1.82, 2.24) is 9.80 Å². The zero-order valence-corrected chi connectivity index (χ0v) is 14.0. The summed E-state index contributed by atoms with van der Waals surface area (Å²) in [6.07, 6.45) is 5.01. The zero-order chi connectivity index (χ0) is 14.7. The Hall–Kier alpha value is -0.870. The van der Waals surface area contributed by atoms with Gasteiger partial charge in [0.05, 0.1) is 5.56 Å². The van der Waals surface area contributed by atoms with E-state index in [-0.39, 0.29) is 5.91 Å². The molecule has 4 heteroatoms. The average Bonchev–Trinajstić information content (AvgIpc) is 3.01. The third-order valence-corrected chi connectivity index (χ3v) is 5.41. The highest BCUT2D eigenvalue weighted by Gasteiger charge is 2.26. The SMILES string of the molecule is O=C(c1ccccc1Br)N1CCC(CN2CCCC2)CC1. The van der Waals surface area contributed by atoms with E-state index in [4.69, 9.17) is 0 Å². The van der Waals surface area contributed by atoms with Crippen molar-refractivity contribution >= 4 is 21.8 Å². The van der Waals surface area contributed by atoms with Gasteiger partial charge < -0.3 is 9.80 Å². The largest absolute Gasteiger partial charge is 0.339 e. The number of halogens is 1. The number of amides is 1. The van der Waals surface area contributed by atoms with Crippen LogP contribution in [-0.4, -0.2) is 48.4 Å². The summed E-state index contributed by atoms with van der Waals surface area (Å²) in [4.78, 5) is 17.2. The molecule has 1 aromatic rings. The average molecular weight is 351 g/mol. The summed E-state index contributed by atoms with van der Waals surface area (Å²) in [6, 6.07) is 7.72. The van der Waals surface area contributed by atoms with Gasteiger partial charge in [-0.05, 0) is 72.8 Å². The molecule has 0 bridgehead atoms. The first-order valence-electron chi connectivity index (χ1n) is 8.00. The first-order chi connectivity index (χ1) is 10.2. The molecule has 2 fully saturated rings. The zero-order valence-electron chi connectivity index (χ0n) is 12.4. The van der Waals surface area contributed by atoms with Crippen molar-refractivity contribution in [3.05, 3.63) is 34.3 Å². The predicted octanol–water partition coefficient (Wildman–Crippen LogP) is 3.40. The van der Waals surface area contributed by atoms with Gasteiger partial charge in [0.15, 0.2) is 0 Å². The summed E-state index contributed by atoms with van der Waals surface area (Å²) in [5.74, 6) is 0.938. The summed E-state index contributed by atoms with van der Waals surface area (Å²) >= 11 is 3.48. The molecular formula is C17H23BrN2O. The minimum atomic E-state index is 0.169. The predicted molar refractivity (Wildman–Crippen MR) is 88.4 cm³/mol. The van der Waals surface area contributed by atoms with Crippen LogP contribution in [-0.2, 0) is 0 Å². The van der Waals surface area contributed by atoms with Gasteiger partial charge in [0.25, 0.3) is 5.91 Å². The van der Waals surface area contributed by atoms with Gasteiger partial charge in [-0.1, -0.05) is 12.1 Å². The maximum Gasteiger partial charge on any atom is 0.254 e. The van der Waals surface area contributed by atoms with Crippen LogP contribution in [0.15, 0.2) is 28.7 Å².